The van der Waals surface area contributed by atoms with Crippen LogP contribution in [0.25, 0.3) is 11.1 Å². The molecule has 1 unspecified atom stereocenters. The minimum Gasteiger partial charge on any atom is -0.398 e. The molecule has 5 rings (SSSR count). The van der Waals surface area contributed by atoms with Crippen molar-refractivity contribution in [2.24, 2.45) is 0 Å². The Morgan fingerprint density at radius 3 is 2.58 bits per heavy atom. The number of pyridine rings is 2. The summed E-state index contributed by atoms with van der Waals surface area (Å²) in [6, 6.07) is 11.6. The number of nitrogen functional groups attached to an aromatic ring is 1. The van der Waals surface area contributed by atoms with Gasteiger partial charge in [-0.05, 0) is 62.1 Å². The zero-order valence-electron chi connectivity index (χ0n) is 24.2. The molecule has 234 valence electrons. The highest BCUT2D eigenvalue weighted by molar-refractivity contribution is 7.90. The fourth-order valence-electron chi connectivity index (χ4n) is 5.21. The Hall–Kier alpha value is -4.81. The Bertz CT molecular complexity index is 1900. The number of rotatable bonds is 7. The summed E-state index contributed by atoms with van der Waals surface area (Å²) in [5.74, 6) is -0.812. The van der Waals surface area contributed by atoms with E-state index in [-0.39, 0.29) is 29.7 Å². The number of amides is 1. The number of nitriles is 1. The predicted molar refractivity (Wildman–Crippen MR) is 157 cm³/mol. The molecule has 0 bridgehead atoms. The normalized spacial score (nSPS) is 15.4. The van der Waals surface area contributed by atoms with Crippen LogP contribution in [0.5, 0.6) is 0 Å². The Kier molecular flexibility index (Phi) is 8.63. The Labute approximate surface area is 257 Å². The van der Waals surface area contributed by atoms with E-state index in [0.29, 0.717) is 47.2 Å². The standard InChI is InChI=1S/C30H28F3N7O4S/c1-18-27(24(15-34)40(38-18)26-7-3-4-13-44-26)21-10-8-19(14-22(21)35)17-39(23-6-5-12-36-28(23)45(2,42)43)29(41)20-9-11-25(37-16-20)30(31,32)33/h5-6,8-12,14,16,26H,3-4,7,13,17,35H2,1-2H3. The lowest BCUT2D eigenvalue weighted by atomic mass is 9.99. The van der Waals surface area contributed by atoms with E-state index in [1.165, 1.54) is 18.3 Å². The van der Waals surface area contributed by atoms with Crippen molar-refractivity contribution in [3.05, 3.63) is 83.1 Å². The van der Waals surface area contributed by atoms with Gasteiger partial charge in [-0.15, -0.1) is 0 Å². The smallest absolute Gasteiger partial charge is 0.398 e. The zero-order valence-corrected chi connectivity index (χ0v) is 25.1. The second kappa shape index (κ2) is 12.3. The molecule has 1 fully saturated rings. The first-order valence-corrected chi connectivity index (χ1v) is 15.7. The first-order chi connectivity index (χ1) is 21.3. The molecule has 3 aromatic heterocycles. The van der Waals surface area contributed by atoms with Gasteiger partial charge in [0.1, 0.15) is 17.5 Å². The molecule has 0 saturated carbocycles. The fourth-order valence-corrected chi connectivity index (χ4v) is 6.02. The molecule has 15 heteroatoms. The number of carbonyl (C=O) groups is 1. The molecule has 1 aromatic carbocycles. The number of ether oxygens (including phenoxy) is 1. The summed E-state index contributed by atoms with van der Waals surface area (Å²) in [6.07, 6.45) is 0.471. The van der Waals surface area contributed by atoms with Crippen molar-refractivity contribution in [3.8, 4) is 17.2 Å². The SMILES string of the molecule is Cc1nn(C2CCCCO2)c(C#N)c1-c1ccc(CN(C(=O)c2ccc(C(F)(F)F)nc2)c2cccnc2S(C)(=O)=O)cc1N. The molecule has 1 amide bonds. The number of sulfone groups is 1. The van der Waals surface area contributed by atoms with Gasteiger partial charge in [0.05, 0.1) is 23.5 Å². The number of nitrogens with two attached hydrogens (primary N) is 1. The van der Waals surface area contributed by atoms with Gasteiger partial charge in [-0.2, -0.15) is 23.5 Å². The topological polar surface area (TPSA) is 157 Å². The molecule has 0 spiro atoms. The summed E-state index contributed by atoms with van der Waals surface area (Å²) in [4.78, 5) is 22.2. The quantitative estimate of drug-likeness (QED) is 0.273. The van der Waals surface area contributed by atoms with Crippen molar-refractivity contribution in [3.63, 3.8) is 0 Å². The minimum atomic E-state index is -4.71. The van der Waals surface area contributed by atoms with Crippen LogP contribution in [-0.4, -0.2) is 46.9 Å². The maximum absolute atomic E-state index is 13.7. The Morgan fingerprint density at radius 2 is 1.98 bits per heavy atom. The Morgan fingerprint density at radius 1 is 1.20 bits per heavy atom. The van der Waals surface area contributed by atoms with Gasteiger partial charge in [-0.3, -0.25) is 9.78 Å². The monoisotopic (exact) mass is 639 g/mol. The number of carbonyl (C=O) groups excluding carboxylic acids is 1. The molecule has 1 saturated heterocycles. The van der Waals surface area contributed by atoms with Crippen molar-refractivity contribution < 1.29 is 31.1 Å². The van der Waals surface area contributed by atoms with Gasteiger partial charge >= 0.3 is 6.18 Å². The molecule has 2 N–H and O–H groups in total. The highest BCUT2D eigenvalue weighted by Gasteiger charge is 2.33. The number of aryl methyl sites for hydroxylation is 1. The van der Waals surface area contributed by atoms with Crippen molar-refractivity contribution in [2.75, 3.05) is 23.5 Å². The number of nitrogens with zero attached hydrogens (tertiary/aromatic N) is 6. The van der Waals surface area contributed by atoms with E-state index < -0.39 is 32.6 Å². The van der Waals surface area contributed by atoms with Gasteiger partial charge in [-0.1, -0.05) is 12.1 Å². The van der Waals surface area contributed by atoms with Gasteiger partial charge in [0.2, 0.25) is 0 Å². The van der Waals surface area contributed by atoms with Crippen LogP contribution >= 0.6 is 0 Å². The van der Waals surface area contributed by atoms with Gasteiger partial charge in [-0.25, -0.2) is 18.1 Å². The van der Waals surface area contributed by atoms with Crippen LogP contribution in [0.4, 0.5) is 24.5 Å². The molecule has 1 atom stereocenters. The number of alkyl halides is 3. The Balaban J connectivity index is 1.54. The first-order valence-electron chi connectivity index (χ1n) is 13.8. The van der Waals surface area contributed by atoms with E-state index in [4.69, 9.17) is 10.5 Å². The predicted octanol–water partition coefficient (Wildman–Crippen LogP) is 5.07. The second-order valence-electron chi connectivity index (χ2n) is 10.5. The van der Waals surface area contributed by atoms with Crippen LogP contribution in [-0.2, 0) is 27.3 Å². The third-order valence-corrected chi connectivity index (χ3v) is 8.30. The van der Waals surface area contributed by atoms with Crippen molar-refractivity contribution in [1.82, 2.24) is 19.7 Å². The van der Waals surface area contributed by atoms with Crippen LogP contribution < -0.4 is 10.6 Å². The van der Waals surface area contributed by atoms with Gasteiger partial charge in [0.25, 0.3) is 5.91 Å². The van der Waals surface area contributed by atoms with Gasteiger partial charge in [0.15, 0.2) is 21.1 Å². The molecule has 1 aliphatic heterocycles. The molecular weight excluding hydrogens is 611 g/mol. The average molecular weight is 640 g/mol. The van der Waals surface area contributed by atoms with E-state index in [0.717, 1.165) is 36.3 Å². The first kappa shape index (κ1) is 31.6. The summed E-state index contributed by atoms with van der Waals surface area (Å²) in [5.41, 5.74) is 7.66. The molecule has 0 radical (unpaired) electrons. The van der Waals surface area contributed by atoms with Crippen molar-refractivity contribution in [2.45, 2.75) is 50.2 Å². The average Bonchev–Trinajstić information content (AvgIpc) is 3.35. The summed E-state index contributed by atoms with van der Waals surface area (Å²) in [6.45, 7) is 2.10. The zero-order chi connectivity index (χ0) is 32.5. The van der Waals surface area contributed by atoms with Crippen LogP contribution in [0.1, 0.15) is 58.5 Å². The number of anilines is 2. The highest BCUT2D eigenvalue weighted by atomic mass is 32.2. The summed E-state index contributed by atoms with van der Waals surface area (Å²) in [5, 5.41) is 14.2. The number of aromatic nitrogens is 4. The lowest BCUT2D eigenvalue weighted by molar-refractivity contribution is -0.141. The molecule has 4 heterocycles. The van der Waals surface area contributed by atoms with E-state index in [1.807, 2.05) is 0 Å². The largest absolute Gasteiger partial charge is 0.433 e. The van der Waals surface area contributed by atoms with Gasteiger partial charge in [0, 0.05) is 42.1 Å². The van der Waals surface area contributed by atoms with Crippen LogP contribution in [0.3, 0.4) is 0 Å². The van der Waals surface area contributed by atoms with Crippen molar-refractivity contribution in [1.29, 1.82) is 5.26 Å². The number of halogens is 3. The van der Waals surface area contributed by atoms with E-state index >= 15 is 0 Å². The third kappa shape index (κ3) is 6.52. The second-order valence-corrected chi connectivity index (χ2v) is 12.5. The highest BCUT2D eigenvalue weighted by Crippen LogP contribution is 2.36. The van der Waals surface area contributed by atoms with Crippen molar-refractivity contribution >= 4 is 27.1 Å². The molecular formula is C30H28F3N7O4S. The van der Waals surface area contributed by atoms with E-state index in [9.17, 15) is 31.6 Å². The van der Waals surface area contributed by atoms with Crippen LogP contribution in [0.15, 0.2) is 59.9 Å². The lowest BCUT2D eigenvalue weighted by Crippen LogP contribution is -2.32. The molecule has 4 aromatic rings. The summed E-state index contributed by atoms with van der Waals surface area (Å²) in [7, 11) is -3.93. The molecule has 0 aliphatic carbocycles. The minimum absolute atomic E-state index is 0.0797. The number of benzene rings is 1. The van der Waals surface area contributed by atoms with Gasteiger partial charge < -0.3 is 15.4 Å². The maximum Gasteiger partial charge on any atom is 0.433 e. The summed E-state index contributed by atoms with van der Waals surface area (Å²) >= 11 is 0. The van der Waals surface area contributed by atoms with Crippen LogP contribution in [0.2, 0.25) is 0 Å². The van der Waals surface area contributed by atoms with Crippen LogP contribution in [0, 0.1) is 18.3 Å². The summed E-state index contributed by atoms with van der Waals surface area (Å²) < 4.78 is 71.9. The molecule has 45 heavy (non-hydrogen) atoms. The fraction of sp³-hybridized carbons (Fsp3) is 0.300. The molecule has 1 aliphatic rings. The third-order valence-electron chi connectivity index (χ3n) is 7.28. The maximum atomic E-state index is 13.7. The van der Waals surface area contributed by atoms with E-state index in [2.05, 4.69) is 21.1 Å². The number of hydrogen-bond donors (Lipinski definition) is 1. The lowest BCUT2D eigenvalue weighted by Gasteiger charge is -2.25. The number of hydrogen-bond acceptors (Lipinski definition) is 9. The molecule has 11 nitrogen and oxygen atoms in total. The van der Waals surface area contributed by atoms with E-state index in [1.54, 1.807) is 29.8 Å².